The Morgan fingerprint density at radius 1 is 1.42 bits per heavy atom. The Hall–Kier alpha value is -1.70. The Labute approximate surface area is 159 Å². The number of nitrogens with zero attached hydrogens (tertiary/aromatic N) is 3. The van der Waals surface area contributed by atoms with Crippen LogP contribution in [0.25, 0.3) is 11.0 Å². The lowest BCUT2D eigenvalue weighted by Crippen LogP contribution is -2.52. The topological polar surface area (TPSA) is 47.4 Å². The summed E-state index contributed by atoms with van der Waals surface area (Å²) in [6.07, 6.45) is 2.75. The van der Waals surface area contributed by atoms with Crippen molar-refractivity contribution < 1.29 is 18.3 Å². The maximum absolute atomic E-state index is 14.9. The van der Waals surface area contributed by atoms with E-state index in [9.17, 15) is 13.6 Å². The lowest BCUT2D eigenvalue weighted by Gasteiger charge is -2.39. The van der Waals surface area contributed by atoms with Crippen LogP contribution in [-0.4, -0.2) is 45.2 Å². The average molecular weight is 430 g/mol. The van der Waals surface area contributed by atoms with Crippen LogP contribution < -0.4 is 0 Å². The van der Waals surface area contributed by atoms with Gasteiger partial charge in [-0.05, 0) is 61.7 Å². The molecule has 0 radical (unpaired) electrons. The molecule has 0 spiro atoms. The van der Waals surface area contributed by atoms with Crippen molar-refractivity contribution in [2.75, 3.05) is 13.1 Å². The Balaban J connectivity index is 1.87. The van der Waals surface area contributed by atoms with Crippen molar-refractivity contribution >= 4 is 33.1 Å². The molecule has 1 aliphatic heterocycles. The molecule has 1 unspecified atom stereocenters. The number of halogens is 3. The molecule has 1 amide bonds. The van der Waals surface area contributed by atoms with Gasteiger partial charge in [-0.3, -0.25) is 0 Å². The number of aryl methyl sites for hydroxylation is 1. The first-order valence-corrected chi connectivity index (χ1v) is 9.26. The number of aromatic nitrogens is 2. The molecule has 3 heterocycles. The molecule has 1 atom stereocenters. The number of hydrogen-bond acceptors (Lipinski definition) is 3. The molecule has 0 N–H and O–H groups in total. The predicted molar refractivity (Wildman–Crippen MR) is 98.6 cm³/mol. The van der Waals surface area contributed by atoms with Crippen molar-refractivity contribution in [3.8, 4) is 0 Å². The zero-order valence-electron chi connectivity index (χ0n) is 15.2. The molecule has 0 aromatic carbocycles. The third-order valence-electron chi connectivity index (χ3n) is 4.38. The highest BCUT2D eigenvalue weighted by Gasteiger charge is 2.48. The molecule has 1 fully saturated rings. The lowest BCUT2D eigenvalue weighted by atomic mass is 10.0. The fourth-order valence-electron chi connectivity index (χ4n) is 3.26. The van der Waals surface area contributed by atoms with Gasteiger partial charge in [-0.2, -0.15) is 0 Å². The van der Waals surface area contributed by atoms with Crippen LogP contribution in [0.4, 0.5) is 13.6 Å². The van der Waals surface area contributed by atoms with E-state index in [2.05, 4.69) is 20.9 Å². The average Bonchev–Trinajstić information content (AvgIpc) is 2.81. The number of pyridine rings is 1. The lowest BCUT2D eigenvalue weighted by molar-refractivity contribution is -0.103. The summed E-state index contributed by atoms with van der Waals surface area (Å²) in [5.74, 6) is -3.08. The Kier molecular flexibility index (Phi) is 4.75. The minimum Gasteiger partial charge on any atom is -0.444 e. The van der Waals surface area contributed by atoms with E-state index >= 15 is 0 Å². The van der Waals surface area contributed by atoms with E-state index in [1.807, 2.05) is 13.0 Å². The molecule has 26 heavy (non-hydrogen) atoms. The number of ether oxygens (including phenoxy) is 1. The van der Waals surface area contributed by atoms with Crippen molar-refractivity contribution in [3.63, 3.8) is 0 Å². The van der Waals surface area contributed by atoms with Crippen LogP contribution in [-0.2, 0) is 4.74 Å². The molecule has 0 saturated carbocycles. The van der Waals surface area contributed by atoms with Crippen LogP contribution in [0, 0.1) is 6.92 Å². The zero-order chi connectivity index (χ0) is 19.3. The Morgan fingerprint density at radius 3 is 2.73 bits per heavy atom. The second kappa shape index (κ2) is 6.48. The van der Waals surface area contributed by atoms with E-state index in [1.165, 1.54) is 0 Å². The molecule has 2 aromatic rings. The molecule has 3 rings (SSSR count). The number of likely N-dealkylation sites (tertiary alicyclic amines) is 1. The van der Waals surface area contributed by atoms with Crippen molar-refractivity contribution in [1.82, 2.24) is 14.5 Å². The van der Waals surface area contributed by atoms with Gasteiger partial charge in [0.2, 0.25) is 0 Å². The number of fused-ring (bicyclic) bond motifs is 1. The van der Waals surface area contributed by atoms with E-state index < -0.39 is 30.2 Å². The van der Waals surface area contributed by atoms with Gasteiger partial charge in [0.1, 0.15) is 17.3 Å². The minimum absolute atomic E-state index is 0.132. The van der Waals surface area contributed by atoms with E-state index in [0.717, 1.165) is 20.3 Å². The normalized spacial score (nSPS) is 20.4. The molecule has 142 valence electrons. The first-order valence-electron chi connectivity index (χ1n) is 8.46. The number of amides is 1. The summed E-state index contributed by atoms with van der Waals surface area (Å²) in [4.78, 5) is 17.6. The number of alkyl halides is 2. The number of carbonyl (C=O) groups excluding carboxylic acids is 1. The van der Waals surface area contributed by atoms with Crippen LogP contribution in [0.3, 0.4) is 0 Å². The monoisotopic (exact) mass is 429 g/mol. The van der Waals surface area contributed by atoms with Gasteiger partial charge in [-0.25, -0.2) is 18.6 Å². The predicted octanol–water partition coefficient (Wildman–Crippen LogP) is 4.92. The molecule has 1 aliphatic rings. The summed E-state index contributed by atoms with van der Waals surface area (Å²) in [6, 6.07) is 0.827. The highest BCUT2D eigenvalue weighted by atomic mass is 79.9. The second-order valence-corrected chi connectivity index (χ2v) is 8.63. The third kappa shape index (κ3) is 3.70. The van der Waals surface area contributed by atoms with Crippen LogP contribution in [0.2, 0.25) is 0 Å². The van der Waals surface area contributed by atoms with Crippen LogP contribution >= 0.6 is 15.9 Å². The van der Waals surface area contributed by atoms with E-state index in [0.29, 0.717) is 5.65 Å². The van der Waals surface area contributed by atoms with E-state index in [1.54, 1.807) is 37.7 Å². The Bertz CT molecular complexity index is 845. The highest BCUT2D eigenvalue weighted by Crippen LogP contribution is 2.39. The molecule has 5 nitrogen and oxygen atoms in total. The first-order chi connectivity index (χ1) is 12.0. The van der Waals surface area contributed by atoms with Crippen molar-refractivity contribution in [2.45, 2.75) is 51.7 Å². The summed E-state index contributed by atoms with van der Waals surface area (Å²) in [6.45, 7) is 6.57. The summed E-state index contributed by atoms with van der Waals surface area (Å²) < 4.78 is 37.4. The highest BCUT2D eigenvalue weighted by molar-refractivity contribution is 9.10. The molecular weight excluding hydrogens is 408 g/mol. The number of hydrogen-bond donors (Lipinski definition) is 0. The SMILES string of the molecule is Cc1cn(C2CCN(C(=O)OC(C)(C)C)CC2(F)F)c2ncc(Br)cc12. The van der Waals surface area contributed by atoms with Crippen LogP contribution in [0.15, 0.2) is 22.9 Å². The van der Waals surface area contributed by atoms with Gasteiger partial charge in [-0.15, -0.1) is 0 Å². The molecule has 1 saturated heterocycles. The molecule has 0 bridgehead atoms. The zero-order valence-corrected chi connectivity index (χ0v) is 16.8. The van der Waals surface area contributed by atoms with Gasteiger partial charge in [0.05, 0.1) is 6.54 Å². The van der Waals surface area contributed by atoms with E-state index in [4.69, 9.17) is 4.74 Å². The number of piperidine rings is 1. The van der Waals surface area contributed by atoms with E-state index in [-0.39, 0.29) is 13.0 Å². The molecule has 0 aliphatic carbocycles. The van der Waals surface area contributed by atoms with Crippen LogP contribution in [0.5, 0.6) is 0 Å². The van der Waals surface area contributed by atoms with Gasteiger partial charge >= 0.3 is 6.09 Å². The van der Waals surface area contributed by atoms with Crippen molar-refractivity contribution in [3.05, 3.63) is 28.5 Å². The molecular formula is C18H22BrF2N3O2. The standard InChI is InChI=1S/C18H22BrF2N3O2/c1-11-9-24(15-13(11)7-12(19)8-22-15)14-5-6-23(10-18(14,20)21)16(25)26-17(2,3)4/h7-9,14H,5-6,10H2,1-4H3. The van der Waals surface area contributed by atoms with Gasteiger partial charge in [0.25, 0.3) is 5.92 Å². The summed E-state index contributed by atoms with van der Waals surface area (Å²) in [5, 5.41) is 0.838. The number of carbonyl (C=O) groups is 1. The fraction of sp³-hybridized carbons (Fsp3) is 0.556. The third-order valence-corrected chi connectivity index (χ3v) is 4.82. The first kappa shape index (κ1) is 19.1. The smallest absolute Gasteiger partial charge is 0.410 e. The fourth-order valence-corrected chi connectivity index (χ4v) is 3.59. The summed E-state index contributed by atoms with van der Waals surface area (Å²) in [5.41, 5.74) is 0.703. The van der Waals surface area contributed by atoms with Gasteiger partial charge in [-0.1, -0.05) is 0 Å². The maximum atomic E-state index is 14.9. The van der Waals surface area contributed by atoms with Crippen molar-refractivity contribution in [2.24, 2.45) is 0 Å². The Morgan fingerprint density at radius 2 is 2.12 bits per heavy atom. The largest absolute Gasteiger partial charge is 0.444 e. The van der Waals surface area contributed by atoms with Crippen LogP contribution in [0.1, 0.15) is 38.8 Å². The molecule has 2 aromatic heterocycles. The number of rotatable bonds is 1. The van der Waals surface area contributed by atoms with Crippen molar-refractivity contribution in [1.29, 1.82) is 0 Å². The van der Waals surface area contributed by atoms with Gasteiger partial charge in [0, 0.05) is 28.8 Å². The second-order valence-electron chi connectivity index (χ2n) is 7.71. The van der Waals surface area contributed by atoms with Gasteiger partial charge < -0.3 is 14.2 Å². The maximum Gasteiger partial charge on any atom is 0.410 e. The van der Waals surface area contributed by atoms with Gasteiger partial charge in [0.15, 0.2) is 0 Å². The summed E-state index contributed by atoms with van der Waals surface area (Å²) in [7, 11) is 0. The minimum atomic E-state index is -3.08. The quantitative estimate of drug-likeness (QED) is 0.645. The molecule has 8 heteroatoms. The summed E-state index contributed by atoms with van der Waals surface area (Å²) >= 11 is 3.36.